The Labute approximate surface area is 138 Å². The summed E-state index contributed by atoms with van der Waals surface area (Å²) < 4.78 is 0. The monoisotopic (exact) mass is 314 g/mol. The van der Waals surface area contributed by atoms with Crippen LogP contribution in [0.5, 0.6) is 0 Å². The van der Waals surface area contributed by atoms with Crippen LogP contribution < -0.4 is 0 Å². The Balaban J connectivity index is 1.79. The highest BCUT2D eigenvalue weighted by Crippen LogP contribution is 2.45. The molecule has 1 aliphatic heterocycles. The van der Waals surface area contributed by atoms with Gasteiger partial charge in [0.1, 0.15) is 0 Å². The van der Waals surface area contributed by atoms with Gasteiger partial charge >= 0.3 is 0 Å². The average Bonchev–Trinajstić information content (AvgIpc) is 2.80. The van der Waals surface area contributed by atoms with E-state index < -0.39 is 5.41 Å². The SMILES string of the molecule is CCN(C)CCCN1C(=O)CC2(CCCc3ccccc32)C1=O. The van der Waals surface area contributed by atoms with Crippen LogP contribution in [0, 0.1) is 0 Å². The minimum Gasteiger partial charge on any atom is -0.307 e. The van der Waals surface area contributed by atoms with E-state index in [2.05, 4.69) is 24.9 Å². The first-order chi connectivity index (χ1) is 11.1. The van der Waals surface area contributed by atoms with E-state index in [-0.39, 0.29) is 11.8 Å². The van der Waals surface area contributed by atoms with Gasteiger partial charge in [-0.05, 0) is 56.9 Å². The number of carbonyl (C=O) groups is 2. The molecule has 1 saturated heterocycles. The van der Waals surface area contributed by atoms with Gasteiger partial charge in [-0.25, -0.2) is 0 Å². The average molecular weight is 314 g/mol. The highest BCUT2D eigenvalue weighted by atomic mass is 16.2. The zero-order valence-corrected chi connectivity index (χ0v) is 14.2. The van der Waals surface area contributed by atoms with Crippen LogP contribution in [0.25, 0.3) is 0 Å². The second-order valence-electron chi connectivity index (χ2n) is 6.87. The molecule has 0 radical (unpaired) electrons. The van der Waals surface area contributed by atoms with E-state index >= 15 is 0 Å². The summed E-state index contributed by atoms with van der Waals surface area (Å²) in [4.78, 5) is 29.3. The van der Waals surface area contributed by atoms with Crippen molar-refractivity contribution in [3.05, 3.63) is 35.4 Å². The minimum absolute atomic E-state index is 0.00542. The lowest BCUT2D eigenvalue weighted by atomic mass is 9.69. The predicted octanol–water partition coefficient (Wildman–Crippen LogP) is 2.36. The van der Waals surface area contributed by atoms with Crippen LogP contribution in [0.1, 0.15) is 43.7 Å². The predicted molar refractivity (Wildman–Crippen MR) is 90.2 cm³/mol. The largest absolute Gasteiger partial charge is 0.307 e. The Morgan fingerprint density at radius 1 is 1.26 bits per heavy atom. The third-order valence-electron chi connectivity index (χ3n) is 5.45. The molecule has 124 valence electrons. The smallest absolute Gasteiger partial charge is 0.240 e. The van der Waals surface area contributed by atoms with E-state index in [1.807, 2.05) is 18.2 Å². The van der Waals surface area contributed by atoms with Gasteiger partial charge in [0.15, 0.2) is 0 Å². The molecular formula is C19H26N2O2. The summed E-state index contributed by atoms with van der Waals surface area (Å²) in [5.41, 5.74) is 1.76. The number of benzene rings is 1. The number of imide groups is 1. The van der Waals surface area contributed by atoms with E-state index in [9.17, 15) is 9.59 Å². The number of hydrogen-bond donors (Lipinski definition) is 0. The number of aryl methyl sites for hydroxylation is 1. The molecule has 0 saturated carbocycles. The van der Waals surface area contributed by atoms with E-state index in [0.717, 1.165) is 44.3 Å². The van der Waals surface area contributed by atoms with Crippen LogP contribution in [-0.2, 0) is 21.4 Å². The highest BCUT2D eigenvalue weighted by molar-refractivity contribution is 6.09. The lowest BCUT2D eigenvalue weighted by Crippen LogP contribution is -2.41. The first-order valence-corrected chi connectivity index (χ1v) is 8.70. The summed E-state index contributed by atoms with van der Waals surface area (Å²) in [6.45, 7) is 4.56. The molecule has 1 aromatic carbocycles. The fraction of sp³-hybridized carbons (Fsp3) is 0.579. The zero-order chi connectivity index (χ0) is 16.4. The standard InChI is InChI=1S/C19H26N2O2/c1-3-20(2)12-7-13-21-17(22)14-19(18(21)23)11-6-9-15-8-4-5-10-16(15)19/h4-5,8,10H,3,6-7,9,11-14H2,1-2H3. The van der Waals surface area contributed by atoms with Gasteiger partial charge in [0.25, 0.3) is 0 Å². The van der Waals surface area contributed by atoms with Gasteiger partial charge in [-0.1, -0.05) is 31.2 Å². The summed E-state index contributed by atoms with van der Waals surface area (Å²) in [6.07, 6.45) is 4.01. The molecule has 0 N–H and O–H groups in total. The van der Waals surface area contributed by atoms with E-state index in [1.165, 1.54) is 10.5 Å². The van der Waals surface area contributed by atoms with Crippen LogP contribution in [0.15, 0.2) is 24.3 Å². The van der Waals surface area contributed by atoms with Gasteiger partial charge in [0.05, 0.1) is 5.41 Å². The van der Waals surface area contributed by atoms with Crippen molar-refractivity contribution in [2.75, 3.05) is 26.7 Å². The van der Waals surface area contributed by atoms with Crippen molar-refractivity contribution < 1.29 is 9.59 Å². The van der Waals surface area contributed by atoms with Gasteiger partial charge in [-0.3, -0.25) is 14.5 Å². The Bertz CT molecular complexity index is 613. The van der Waals surface area contributed by atoms with Gasteiger partial charge < -0.3 is 4.90 Å². The molecule has 1 aromatic rings. The van der Waals surface area contributed by atoms with Crippen LogP contribution in [-0.4, -0.2) is 48.3 Å². The zero-order valence-electron chi connectivity index (χ0n) is 14.2. The lowest BCUT2D eigenvalue weighted by Gasteiger charge is -2.33. The quantitative estimate of drug-likeness (QED) is 0.784. The molecule has 0 bridgehead atoms. The molecule has 1 atom stereocenters. The van der Waals surface area contributed by atoms with Crippen molar-refractivity contribution in [2.45, 2.75) is 44.4 Å². The molecule has 23 heavy (non-hydrogen) atoms. The van der Waals surface area contributed by atoms with Crippen molar-refractivity contribution in [3.8, 4) is 0 Å². The first kappa shape index (κ1) is 16.2. The van der Waals surface area contributed by atoms with Crippen LogP contribution in [0.4, 0.5) is 0 Å². The third kappa shape index (κ3) is 2.80. The molecule has 1 fully saturated rings. The number of rotatable bonds is 5. The fourth-order valence-corrected chi connectivity index (χ4v) is 4.01. The second kappa shape index (κ2) is 6.44. The number of hydrogen-bond acceptors (Lipinski definition) is 3. The molecule has 1 spiro atoms. The van der Waals surface area contributed by atoms with Crippen LogP contribution in [0.3, 0.4) is 0 Å². The Kier molecular flexibility index (Phi) is 4.53. The molecular weight excluding hydrogens is 288 g/mol. The lowest BCUT2D eigenvalue weighted by molar-refractivity contribution is -0.140. The Morgan fingerprint density at radius 2 is 2.04 bits per heavy atom. The molecule has 1 aliphatic carbocycles. The van der Waals surface area contributed by atoms with Gasteiger partial charge in [0.2, 0.25) is 11.8 Å². The molecule has 2 aliphatic rings. The maximum absolute atomic E-state index is 13.1. The second-order valence-corrected chi connectivity index (χ2v) is 6.87. The molecule has 4 heteroatoms. The normalized spacial score (nSPS) is 23.9. The summed E-state index contributed by atoms with van der Waals surface area (Å²) in [6, 6.07) is 8.17. The van der Waals surface area contributed by atoms with E-state index in [1.54, 1.807) is 0 Å². The summed E-state index contributed by atoms with van der Waals surface area (Å²) in [5, 5.41) is 0. The Hall–Kier alpha value is -1.68. The van der Waals surface area contributed by atoms with Crippen LogP contribution >= 0.6 is 0 Å². The molecule has 0 aromatic heterocycles. The fourth-order valence-electron chi connectivity index (χ4n) is 4.01. The number of likely N-dealkylation sites (tertiary alicyclic amines) is 1. The highest BCUT2D eigenvalue weighted by Gasteiger charge is 2.53. The Morgan fingerprint density at radius 3 is 2.83 bits per heavy atom. The minimum atomic E-state index is -0.581. The van der Waals surface area contributed by atoms with Gasteiger partial charge in [0, 0.05) is 13.0 Å². The molecule has 4 nitrogen and oxygen atoms in total. The van der Waals surface area contributed by atoms with Crippen molar-refractivity contribution in [2.24, 2.45) is 0 Å². The topological polar surface area (TPSA) is 40.6 Å². The number of carbonyl (C=O) groups excluding carboxylic acids is 2. The van der Waals surface area contributed by atoms with Gasteiger partial charge in [-0.2, -0.15) is 0 Å². The summed E-state index contributed by atoms with van der Waals surface area (Å²) >= 11 is 0. The molecule has 1 unspecified atom stereocenters. The summed E-state index contributed by atoms with van der Waals surface area (Å²) in [5.74, 6) is 0.0413. The van der Waals surface area contributed by atoms with Crippen molar-refractivity contribution in [1.29, 1.82) is 0 Å². The number of amides is 2. The van der Waals surface area contributed by atoms with E-state index in [4.69, 9.17) is 0 Å². The molecule has 1 heterocycles. The maximum Gasteiger partial charge on any atom is 0.240 e. The van der Waals surface area contributed by atoms with Crippen LogP contribution in [0.2, 0.25) is 0 Å². The maximum atomic E-state index is 13.1. The van der Waals surface area contributed by atoms with Crippen molar-refractivity contribution in [3.63, 3.8) is 0 Å². The molecule has 3 rings (SSSR count). The first-order valence-electron chi connectivity index (χ1n) is 8.70. The van der Waals surface area contributed by atoms with Crippen molar-refractivity contribution in [1.82, 2.24) is 9.80 Å². The summed E-state index contributed by atoms with van der Waals surface area (Å²) in [7, 11) is 2.06. The number of nitrogens with zero attached hydrogens (tertiary/aromatic N) is 2. The van der Waals surface area contributed by atoms with Gasteiger partial charge in [-0.15, -0.1) is 0 Å². The third-order valence-corrected chi connectivity index (χ3v) is 5.45. The molecule has 2 amide bonds. The van der Waals surface area contributed by atoms with E-state index in [0.29, 0.717) is 13.0 Å². The van der Waals surface area contributed by atoms with Crippen molar-refractivity contribution >= 4 is 11.8 Å². The number of fused-ring (bicyclic) bond motifs is 2.